The molecular formula is C18H23N3. The molecule has 0 aliphatic heterocycles. The number of rotatable bonds is 3. The van der Waals surface area contributed by atoms with Gasteiger partial charge in [0.25, 0.3) is 0 Å². The number of anilines is 1. The van der Waals surface area contributed by atoms with Crippen LogP contribution < -0.4 is 5.32 Å². The minimum Gasteiger partial charge on any atom is -0.380 e. The van der Waals surface area contributed by atoms with Crippen LogP contribution in [0.1, 0.15) is 51.0 Å². The summed E-state index contributed by atoms with van der Waals surface area (Å²) in [4.78, 5) is 4.18. The third-order valence-electron chi connectivity index (χ3n) is 6.32. The Morgan fingerprint density at radius 2 is 1.86 bits per heavy atom. The fourth-order valence-corrected chi connectivity index (χ4v) is 5.70. The van der Waals surface area contributed by atoms with Gasteiger partial charge in [-0.15, -0.1) is 0 Å². The highest BCUT2D eigenvalue weighted by atomic mass is 15.0. The van der Waals surface area contributed by atoms with Gasteiger partial charge >= 0.3 is 0 Å². The largest absolute Gasteiger partial charge is 0.380 e. The molecule has 1 aromatic heterocycles. The molecule has 1 unspecified atom stereocenters. The minimum absolute atomic E-state index is 0.433. The summed E-state index contributed by atoms with van der Waals surface area (Å²) in [5.74, 6) is 2.89. The lowest BCUT2D eigenvalue weighted by Crippen LogP contribution is -2.52. The van der Waals surface area contributed by atoms with Crippen LogP contribution in [0.5, 0.6) is 0 Å². The Balaban J connectivity index is 1.58. The highest BCUT2D eigenvalue weighted by Gasteiger charge is 2.53. The second-order valence-corrected chi connectivity index (χ2v) is 7.68. The van der Waals surface area contributed by atoms with Gasteiger partial charge in [-0.3, -0.25) is 4.98 Å². The van der Waals surface area contributed by atoms with E-state index in [0.717, 1.165) is 23.4 Å². The maximum atomic E-state index is 9.25. The number of pyridine rings is 1. The van der Waals surface area contributed by atoms with E-state index in [1.807, 2.05) is 0 Å². The van der Waals surface area contributed by atoms with Crippen molar-refractivity contribution in [3.63, 3.8) is 0 Å². The van der Waals surface area contributed by atoms with Crippen molar-refractivity contribution in [1.82, 2.24) is 4.98 Å². The Labute approximate surface area is 126 Å². The van der Waals surface area contributed by atoms with Crippen molar-refractivity contribution in [2.45, 2.75) is 51.5 Å². The molecule has 4 saturated carbocycles. The van der Waals surface area contributed by atoms with Gasteiger partial charge in [0.05, 0.1) is 17.4 Å². The van der Waals surface area contributed by atoms with E-state index in [4.69, 9.17) is 0 Å². The summed E-state index contributed by atoms with van der Waals surface area (Å²) in [6, 6.07) is 4.51. The Morgan fingerprint density at radius 1 is 1.24 bits per heavy atom. The van der Waals surface area contributed by atoms with Crippen LogP contribution in [-0.2, 0) is 0 Å². The molecule has 4 fully saturated rings. The molecule has 1 atom stereocenters. The quantitative estimate of drug-likeness (QED) is 0.912. The molecule has 3 nitrogen and oxygen atoms in total. The smallest absolute Gasteiger partial charge is 0.101 e. The summed E-state index contributed by atoms with van der Waals surface area (Å²) < 4.78 is 0. The van der Waals surface area contributed by atoms with Gasteiger partial charge < -0.3 is 5.32 Å². The molecule has 4 aliphatic rings. The molecule has 0 amide bonds. The van der Waals surface area contributed by atoms with E-state index in [9.17, 15) is 5.26 Å². The fourth-order valence-electron chi connectivity index (χ4n) is 5.70. The zero-order valence-corrected chi connectivity index (χ0v) is 12.7. The van der Waals surface area contributed by atoms with Gasteiger partial charge in [0.2, 0.25) is 0 Å². The Hall–Kier alpha value is -1.56. The average Bonchev–Trinajstić information content (AvgIpc) is 2.46. The Morgan fingerprint density at radius 3 is 2.43 bits per heavy atom. The lowest BCUT2D eigenvalue weighted by atomic mass is 9.48. The minimum atomic E-state index is 0.433. The number of nitriles is 1. The normalized spacial score (nSPS) is 38.0. The zero-order valence-electron chi connectivity index (χ0n) is 12.7. The molecule has 1 heterocycles. The molecule has 1 aromatic rings. The average molecular weight is 281 g/mol. The van der Waals surface area contributed by atoms with Crippen LogP contribution in [0.3, 0.4) is 0 Å². The summed E-state index contributed by atoms with van der Waals surface area (Å²) in [7, 11) is 0. The molecule has 4 aliphatic carbocycles. The first-order valence-corrected chi connectivity index (χ1v) is 8.29. The second kappa shape index (κ2) is 4.73. The Kier molecular flexibility index (Phi) is 2.96. The van der Waals surface area contributed by atoms with Crippen LogP contribution in [-0.4, -0.2) is 11.0 Å². The van der Waals surface area contributed by atoms with Gasteiger partial charge in [0.15, 0.2) is 0 Å². The lowest BCUT2D eigenvalue weighted by molar-refractivity contribution is -0.0602. The van der Waals surface area contributed by atoms with Crippen LogP contribution in [0.15, 0.2) is 18.5 Å². The van der Waals surface area contributed by atoms with E-state index in [1.165, 1.54) is 38.5 Å². The van der Waals surface area contributed by atoms with Crippen molar-refractivity contribution in [3.05, 3.63) is 24.0 Å². The maximum Gasteiger partial charge on any atom is 0.101 e. The molecule has 3 heteroatoms. The first-order valence-electron chi connectivity index (χ1n) is 8.29. The SMILES string of the molecule is CC(Nc1cnccc1C#N)C12CC3CC(CC(C3)C1)C2. The van der Waals surface area contributed by atoms with Gasteiger partial charge in [0, 0.05) is 12.2 Å². The first kappa shape index (κ1) is 13.1. The summed E-state index contributed by atoms with van der Waals surface area (Å²) in [6.07, 6.45) is 12.1. The number of hydrogen-bond acceptors (Lipinski definition) is 3. The summed E-state index contributed by atoms with van der Waals surface area (Å²) in [5, 5.41) is 12.9. The maximum absolute atomic E-state index is 9.25. The molecule has 4 bridgehead atoms. The van der Waals surface area contributed by atoms with Crippen molar-refractivity contribution >= 4 is 5.69 Å². The number of nitrogens with one attached hydrogen (secondary N) is 1. The molecule has 0 radical (unpaired) electrons. The summed E-state index contributed by atoms with van der Waals surface area (Å²) in [5.41, 5.74) is 2.07. The number of nitrogens with zero attached hydrogens (tertiary/aromatic N) is 2. The van der Waals surface area contributed by atoms with Crippen LogP contribution in [0, 0.1) is 34.5 Å². The van der Waals surface area contributed by atoms with Crippen LogP contribution >= 0.6 is 0 Å². The van der Waals surface area contributed by atoms with Crippen molar-refractivity contribution in [2.75, 3.05) is 5.32 Å². The van der Waals surface area contributed by atoms with Crippen LogP contribution in [0.4, 0.5) is 5.69 Å². The number of aromatic nitrogens is 1. The molecule has 0 saturated heterocycles. The second-order valence-electron chi connectivity index (χ2n) is 7.68. The monoisotopic (exact) mass is 281 g/mol. The first-order chi connectivity index (χ1) is 10.2. The van der Waals surface area contributed by atoms with Crippen LogP contribution in [0.25, 0.3) is 0 Å². The predicted molar refractivity (Wildman–Crippen MR) is 82.6 cm³/mol. The van der Waals surface area contributed by atoms with Crippen molar-refractivity contribution in [1.29, 1.82) is 5.26 Å². The lowest BCUT2D eigenvalue weighted by Gasteiger charge is -2.59. The molecule has 1 N–H and O–H groups in total. The van der Waals surface area contributed by atoms with E-state index in [1.54, 1.807) is 18.5 Å². The zero-order chi connectivity index (χ0) is 14.4. The molecule has 110 valence electrons. The van der Waals surface area contributed by atoms with Crippen molar-refractivity contribution in [3.8, 4) is 6.07 Å². The molecule has 0 spiro atoms. The Bertz CT molecular complexity index is 551. The van der Waals surface area contributed by atoms with Crippen molar-refractivity contribution < 1.29 is 0 Å². The summed E-state index contributed by atoms with van der Waals surface area (Å²) in [6.45, 7) is 2.32. The predicted octanol–water partition coefficient (Wildman–Crippen LogP) is 3.97. The highest BCUT2D eigenvalue weighted by Crippen LogP contribution is 2.61. The topological polar surface area (TPSA) is 48.7 Å². The van der Waals surface area contributed by atoms with Gasteiger partial charge in [-0.1, -0.05) is 0 Å². The van der Waals surface area contributed by atoms with Gasteiger partial charge in [-0.05, 0) is 74.7 Å². The number of hydrogen-bond donors (Lipinski definition) is 1. The van der Waals surface area contributed by atoms with Gasteiger partial charge in [-0.25, -0.2) is 0 Å². The fraction of sp³-hybridized carbons (Fsp3) is 0.667. The van der Waals surface area contributed by atoms with Gasteiger partial charge in [0.1, 0.15) is 6.07 Å². The van der Waals surface area contributed by atoms with E-state index in [2.05, 4.69) is 23.3 Å². The van der Waals surface area contributed by atoms with Crippen LogP contribution in [0.2, 0.25) is 0 Å². The van der Waals surface area contributed by atoms with Crippen molar-refractivity contribution in [2.24, 2.45) is 23.2 Å². The van der Waals surface area contributed by atoms with Gasteiger partial charge in [-0.2, -0.15) is 5.26 Å². The third-order valence-corrected chi connectivity index (χ3v) is 6.32. The van der Waals surface area contributed by atoms with E-state index >= 15 is 0 Å². The van der Waals surface area contributed by atoms with E-state index in [0.29, 0.717) is 17.0 Å². The molecule has 0 aromatic carbocycles. The molecule has 5 rings (SSSR count). The standard InChI is InChI=1S/C18H23N3/c1-12(21-17-11-20-3-2-16(17)10-19)18-7-13-4-14(8-18)6-15(5-13)9-18/h2-3,11-15,21H,4-9H2,1H3. The van der Waals surface area contributed by atoms with E-state index in [-0.39, 0.29) is 0 Å². The third kappa shape index (κ3) is 2.12. The van der Waals surface area contributed by atoms with E-state index < -0.39 is 0 Å². The molecule has 21 heavy (non-hydrogen) atoms. The molecular weight excluding hydrogens is 258 g/mol. The highest BCUT2D eigenvalue weighted by molar-refractivity contribution is 5.56. The summed E-state index contributed by atoms with van der Waals surface area (Å²) >= 11 is 0.